The summed E-state index contributed by atoms with van der Waals surface area (Å²) in [6.45, 7) is 14.3. The molecule has 12 fully saturated rings. The van der Waals surface area contributed by atoms with Crippen molar-refractivity contribution in [2.75, 3.05) is 47.4 Å². The number of halogens is 6. The maximum atomic E-state index is 14.8. The number of hydrogen-bond donors (Lipinski definition) is 4. The lowest BCUT2D eigenvalue weighted by atomic mass is 9.76. The highest BCUT2D eigenvalue weighted by molar-refractivity contribution is 6.33. The van der Waals surface area contributed by atoms with Crippen LogP contribution in [0.3, 0.4) is 0 Å². The Morgan fingerprint density at radius 3 is 1.04 bits per heavy atom. The van der Waals surface area contributed by atoms with Crippen LogP contribution in [-0.4, -0.2) is 193 Å². The van der Waals surface area contributed by atoms with E-state index in [-0.39, 0.29) is 112 Å². The maximum absolute atomic E-state index is 14.8. The van der Waals surface area contributed by atoms with Gasteiger partial charge in [-0.25, -0.2) is 63.0 Å². The molecule has 652 valence electrons. The number of anilines is 4. The van der Waals surface area contributed by atoms with E-state index in [1.807, 2.05) is 91.5 Å². The number of piperidine rings is 8. The molecule has 2 aromatic carbocycles. The van der Waals surface area contributed by atoms with E-state index in [2.05, 4.69) is 91.3 Å². The summed E-state index contributed by atoms with van der Waals surface area (Å²) >= 11 is 19.2. The monoisotopic (exact) mass is 1770 g/mol. The number of para-hydroxylation sites is 1. The number of hydrogen-bond acceptors (Lipinski definition) is 22. The SMILES string of the molecule is Cc1cnc(NC2CC3CCC2N(C(=O)c2cccc(F)c2-c2ncccn2)C3)c(Cl)c1.Cc1cnc(NC2CC3CCC2N(C(=O)c2cccc(F)c2-n2nccn2)C3)c(Cl)c1.Cc1cnc(NC2CC3CCC2N(C(=O)c2ncc(C)cc2-c2ncccn2)C3)c(Cl)c1.Cc1cnc(NC2CC3CCC2N(C(=O)c2ncc(C)cc2-c2ncccn2)C3)c(F)c1. The highest BCUT2D eigenvalue weighted by Gasteiger charge is 2.49. The Balaban J connectivity index is 0.000000119. The van der Waals surface area contributed by atoms with Crippen LogP contribution in [-0.2, 0) is 0 Å². The first-order valence-electron chi connectivity index (χ1n) is 43.0. The summed E-state index contributed by atoms with van der Waals surface area (Å²) in [5.74, 6) is 2.90. The number of carbonyl (C=O) groups excluding carboxylic acids is 4. The van der Waals surface area contributed by atoms with E-state index >= 15 is 0 Å². The lowest BCUT2D eigenvalue weighted by Crippen LogP contribution is -2.60. The predicted molar refractivity (Wildman–Crippen MR) is 478 cm³/mol. The van der Waals surface area contributed by atoms with Gasteiger partial charge in [-0.2, -0.15) is 10.2 Å². The fourth-order valence-corrected chi connectivity index (χ4v) is 20.3. The van der Waals surface area contributed by atoms with Gasteiger partial charge in [0.25, 0.3) is 23.6 Å². The van der Waals surface area contributed by atoms with Crippen LogP contribution in [0.2, 0.25) is 15.1 Å². The van der Waals surface area contributed by atoms with Gasteiger partial charge >= 0.3 is 0 Å². The van der Waals surface area contributed by atoms with E-state index in [4.69, 9.17) is 34.8 Å². The Morgan fingerprint density at radius 1 is 0.339 bits per heavy atom. The molecule has 12 aliphatic rings. The molecule has 8 bridgehead atoms. The van der Waals surface area contributed by atoms with Crippen LogP contribution in [0, 0.1) is 82.7 Å². The van der Waals surface area contributed by atoms with Crippen molar-refractivity contribution in [3.05, 3.63) is 266 Å². The largest absolute Gasteiger partial charge is 0.364 e. The number of rotatable bonds is 16. The molecule has 33 heteroatoms. The molecule has 4 aliphatic carbocycles. The molecular formula is C94H95Cl3F3N23O4. The lowest BCUT2D eigenvalue weighted by molar-refractivity contribution is 0.0273. The van der Waals surface area contributed by atoms with Crippen molar-refractivity contribution in [1.29, 1.82) is 0 Å². The number of aromatic nitrogens is 15. The molecule has 12 aromatic rings. The number of nitrogens with zero attached hydrogens (tertiary/aromatic N) is 19. The normalized spacial score (nSPS) is 22.2. The van der Waals surface area contributed by atoms with E-state index in [1.54, 1.807) is 117 Å². The summed E-state index contributed by atoms with van der Waals surface area (Å²) in [5, 5.41) is 23.5. The molecule has 4 amide bonds. The first-order valence-corrected chi connectivity index (χ1v) is 44.1. The van der Waals surface area contributed by atoms with Gasteiger partial charge in [0, 0.05) is 125 Å². The molecule has 24 rings (SSSR count). The van der Waals surface area contributed by atoms with Crippen LogP contribution in [0.15, 0.2) is 178 Å². The van der Waals surface area contributed by atoms with Crippen molar-refractivity contribution in [3.8, 4) is 39.9 Å². The van der Waals surface area contributed by atoms with Gasteiger partial charge in [-0.3, -0.25) is 29.1 Å². The second-order valence-corrected chi connectivity index (χ2v) is 35.6. The summed E-state index contributed by atoms with van der Waals surface area (Å²) in [4.78, 5) is 116. The number of fused-ring (bicyclic) bond motifs is 12. The minimum Gasteiger partial charge on any atom is -0.364 e. The van der Waals surface area contributed by atoms with E-state index < -0.39 is 11.6 Å². The zero-order chi connectivity index (χ0) is 88.3. The predicted octanol–water partition coefficient (Wildman–Crippen LogP) is 16.7. The maximum Gasteiger partial charge on any atom is 0.273 e. The van der Waals surface area contributed by atoms with Gasteiger partial charge in [-0.15, -0.1) is 4.80 Å². The third-order valence-corrected chi connectivity index (χ3v) is 26.2. The molecule has 0 radical (unpaired) electrons. The van der Waals surface area contributed by atoms with Crippen molar-refractivity contribution in [3.63, 3.8) is 0 Å². The van der Waals surface area contributed by atoms with Crippen LogP contribution >= 0.6 is 34.8 Å². The summed E-state index contributed by atoms with van der Waals surface area (Å²) in [7, 11) is 0. The molecule has 4 N–H and O–H groups in total. The van der Waals surface area contributed by atoms with Gasteiger partial charge in [0.05, 0.1) is 79.4 Å². The molecule has 0 spiro atoms. The Bertz CT molecular complexity index is 5860. The average molecular weight is 1770 g/mol. The smallest absolute Gasteiger partial charge is 0.273 e. The average Bonchev–Trinajstić information content (AvgIpc) is 1.21. The second-order valence-electron chi connectivity index (χ2n) is 34.3. The van der Waals surface area contributed by atoms with Gasteiger partial charge in [0.15, 0.2) is 34.9 Å². The Kier molecular flexibility index (Phi) is 25.9. The molecule has 12 atom stereocenters. The Hall–Kier alpha value is -12.5. The van der Waals surface area contributed by atoms with Gasteiger partial charge in [-0.05, 0) is 255 Å². The number of nitrogens with one attached hydrogen (secondary N) is 4. The molecule has 4 saturated carbocycles. The molecule has 10 aromatic heterocycles. The highest BCUT2D eigenvalue weighted by atomic mass is 35.5. The Labute approximate surface area is 748 Å². The quantitative estimate of drug-likeness (QED) is 0.0698. The zero-order valence-electron chi connectivity index (χ0n) is 70.9. The first kappa shape index (κ1) is 86.6. The van der Waals surface area contributed by atoms with Crippen molar-refractivity contribution in [1.82, 2.24) is 94.4 Å². The summed E-state index contributed by atoms with van der Waals surface area (Å²) in [6.07, 6.45) is 34.8. The molecule has 18 heterocycles. The van der Waals surface area contributed by atoms with Crippen LogP contribution in [0.25, 0.3) is 39.9 Å². The minimum atomic E-state index is -0.533. The Morgan fingerprint density at radius 2 is 0.661 bits per heavy atom. The molecule has 8 saturated heterocycles. The van der Waals surface area contributed by atoms with Crippen LogP contribution < -0.4 is 21.3 Å². The van der Waals surface area contributed by atoms with E-state index in [0.29, 0.717) is 110 Å². The summed E-state index contributed by atoms with van der Waals surface area (Å²) in [5.41, 5.74) is 8.49. The summed E-state index contributed by atoms with van der Waals surface area (Å²) < 4.78 is 43.9. The first-order chi connectivity index (χ1) is 61.5. The second kappa shape index (κ2) is 37.9. The van der Waals surface area contributed by atoms with Gasteiger partial charge < -0.3 is 40.9 Å². The number of aryl methyl sites for hydroxylation is 6. The van der Waals surface area contributed by atoms with Crippen molar-refractivity contribution >= 4 is 81.7 Å². The molecule has 12 unspecified atom stereocenters. The van der Waals surface area contributed by atoms with Crippen LogP contribution in [0.4, 0.5) is 36.4 Å². The number of carbonyl (C=O) groups is 4. The fourth-order valence-electron chi connectivity index (χ4n) is 19.5. The van der Waals surface area contributed by atoms with Crippen LogP contribution in [0.5, 0.6) is 0 Å². The van der Waals surface area contributed by atoms with Crippen molar-refractivity contribution in [2.45, 2.75) is 167 Å². The number of benzene rings is 2. The van der Waals surface area contributed by atoms with E-state index in [0.717, 1.165) is 122 Å². The molecule has 127 heavy (non-hydrogen) atoms. The van der Waals surface area contributed by atoms with Gasteiger partial charge in [-0.1, -0.05) is 46.9 Å². The van der Waals surface area contributed by atoms with Gasteiger partial charge in [0.2, 0.25) is 0 Å². The minimum absolute atomic E-state index is 0.0283. The van der Waals surface area contributed by atoms with E-state index in [9.17, 15) is 32.3 Å². The fraction of sp³-hybridized carbons (Fsp3) is 0.362. The number of pyridine rings is 6. The lowest BCUT2D eigenvalue weighted by Gasteiger charge is -2.50. The molecule has 27 nitrogen and oxygen atoms in total. The van der Waals surface area contributed by atoms with Crippen molar-refractivity contribution < 1.29 is 32.3 Å². The van der Waals surface area contributed by atoms with Gasteiger partial charge in [0.1, 0.15) is 40.3 Å². The van der Waals surface area contributed by atoms with E-state index in [1.165, 1.54) is 30.6 Å². The van der Waals surface area contributed by atoms with Crippen molar-refractivity contribution in [2.24, 2.45) is 23.7 Å². The third kappa shape index (κ3) is 19.0. The standard InChI is InChI=1S/C24H23ClFN5O.C24H25ClN6O.C24H25FN6O.C22H22ClFN6O/c1-14-10-17(25)22(29-12-14)30-19-11-15-6-7-20(19)31(13-15)24(32)16-4-2-5-18(26)21(16)23-27-8-3-9-28-23;2*1-14-8-17(22-26-6-3-7-27-22)21(28-11-14)24(32)31-13-16-4-5-20(31)19(10-16)30-23-18(25)9-15(2)12-29-23;1-13-9-16(23)21(25-11-13)28-18-10-14-5-6-19(18)29(12-14)22(31)15-3-2-4-17(24)20(15)30-26-7-8-27-30/h2-5,8-10,12,15,19-20H,6-7,11,13H2,1H3,(H,29,30);2*3,6-9,11-12,16,19-20H,4-5,10,13H2,1-2H3,(H,29,30);2-4,7-9,11,14,18-19H,5-6,10,12H2,1H3,(H,25,28). The third-order valence-electron chi connectivity index (χ3n) is 25.3. The molecule has 8 aliphatic heterocycles. The topological polar surface area (TPSA) is 315 Å². The molecular weight excluding hydrogens is 1680 g/mol. The zero-order valence-corrected chi connectivity index (χ0v) is 73.2. The number of amides is 4. The highest BCUT2D eigenvalue weighted by Crippen LogP contribution is 2.45. The summed E-state index contributed by atoms with van der Waals surface area (Å²) in [6, 6.07) is 25.2. The van der Waals surface area contributed by atoms with Crippen LogP contribution in [0.1, 0.15) is 152 Å².